The molecule has 0 amide bonds. The summed E-state index contributed by atoms with van der Waals surface area (Å²) in [6, 6.07) is 10.4. The lowest BCUT2D eigenvalue weighted by Gasteiger charge is -2.24. The van der Waals surface area contributed by atoms with Gasteiger partial charge < -0.3 is 5.32 Å². The zero-order chi connectivity index (χ0) is 14.6. The summed E-state index contributed by atoms with van der Waals surface area (Å²) in [5.41, 5.74) is 0.994. The maximum absolute atomic E-state index is 4.69. The van der Waals surface area contributed by atoms with E-state index in [1.165, 1.54) is 5.56 Å². The molecule has 106 valence electrons. The lowest BCUT2D eigenvalue weighted by Crippen LogP contribution is -2.23. The van der Waals surface area contributed by atoms with Gasteiger partial charge in [0, 0.05) is 18.2 Å². The molecule has 0 atom stereocenters. The van der Waals surface area contributed by atoms with E-state index in [9.17, 15) is 0 Å². The Morgan fingerprint density at radius 2 is 1.90 bits per heavy atom. The SMILES string of the molecule is CCCNc1nc(C(C)(C)c2ccccc2)ncc1Br. The van der Waals surface area contributed by atoms with E-state index in [-0.39, 0.29) is 5.41 Å². The van der Waals surface area contributed by atoms with Crippen LogP contribution in [-0.4, -0.2) is 16.5 Å². The van der Waals surface area contributed by atoms with Crippen LogP contribution in [0.15, 0.2) is 41.0 Å². The van der Waals surface area contributed by atoms with Gasteiger partial charge in [-0.25, -0.2) is 9.97 Å². The molecule has 0 aliphatic carbocycles. The van der Waals surface area contributed by atoms with E-state index in [4.69, 9.17) is 0 Å². The van der Waals surface area contributed by atoms with Gasteiger partial charge in [-0.05, 0) is 41.8 Å². The maximum atomic E-state index is 4.69. The summed E-state index contributed by atoms with van der Waals surface area (Å²) in [5.74, 6) is 1.69. The number of rotatable bonds is 5. The van der Waals surface area contributed by atoms with Crippen LogP contribution in [-0.2, 0) is 5.41 Å². The predicted molar refractivity (Wildman–Crippen MR) is 87.1 cm³/mol. The van der Waals surface area contributed by atoms with E-state index in [0.717, 1.165) is 29.1 Å². The smallest absolute Gasteiger partial charge is 0.144 e. The highest BCUT2D eigenvalue weighted by Gasteiger charge is 2.26. The zero-order valence-corrected chi connectivity index (χ0v) is 13.7. The van der Waals surface area contributed by atoms with Gasteiger partial charge in [0.05, 0.1) is 4.47 Å². The van der Waals surface area contributed by atoms with Crippen LogP contribution < -0.4 is 5.32 Å². The van der Waals surface area contributed by atoms with Gasteiger partial charge >= 0.3 is 0 Å². The molecule has 0 aliphatic rings. The molecule has 0 unspecified atom stereocenters. The number of hydrogen-bond acceptors (Lipinski definition) is 3. The molecule has 0 bridgehead atoms. The first-order valence-corrected chi connectivity index (χ1v) is 7.67. The van der Waals surface area contributed by atoms with E-state index in [0.29, 0.717) is 0 Å². The van der Waals surface area contributed by atoms with Crippen LogP contribution in [0.4, 0.5) is 5.82 Å². The molecular formula is C16H20BrN3. The highest BCUT2D eigenvalue weighted by atomic mass is 79.9. The molecule has 2 aromatic rings. The number of hydrogen-bond donors (Lipinski definition) is 1. The second kappa shape index (κ2) is 6.35. The first kappa shape index (κ1) is 15.0. The number of anilines is 1. The highest BCUT2D eigenvalue weighted by molar-refractivity contribution is 9.10. The van der Waals surface area contributed by atoms with Gasteiger partial charge in [0.25, 0.3) is 0 Å². The van der Waals surface area contributed by atoms with Crippen LogP contribution in [0.3, 0.4) is 0 Å². The average molecular weight is 334 g/mol. The third-order valence-corrected chi connectivity index (χ3v) is 3.92. The fraction of sp³-hybridized carbons (Fsp3) is 0.375. The molecule has 0 saturated carbocycles. The standard InChI is InChI=1S/C16H20BrN3/c1-4-10-18-14-13(17)11-19-15(20-14)16(2,3)12-8-6-5-7-9-12/h5-9,11H,4,10H2,1-3H3,(H,18,19,20). The molecule has 1 aromatic carbocycles. The fourth-order valence-electron chi connectivity index (χ4n) is 2.02. The van der Waals surface area contributed by atoms with Crippen LogP contribution in [0.2, 0.25) is 0 Å². The fourth-order valence-corrected chi connectivity index (χ4v) is 2.35. The first-order valence-electron chi connectivity index (χ1n) is 6.88. The lowest BCUT2D eigenvalue weighted by molar-refractivity contribution is 0.590. The predicted octanol–water partition coefficient (Wildman–Crippen LogP) is 4.39. The van der Waals surface area contributed by atoms with Crippen LogP contribution in [0.5, 0.6) is 0 Å². The monoisotopic (exact) mass is 333 g/mol. The third kappa shape index (κ3) is 3.18. The van der Waals surface area contributed by atoms with Crippen molar-refractivity contribution in [1.29, 1.82) is 0 Å². The molecule has 3 nitrogen and oxygen atoms in total. The van der Waals surface area contributed by atoms with Gasteiger partial charge in [-0.15, -0.1) is 0 Å². The number of halogens is 1. The summed E-state index contributed by atoms with van der Waals surface area (Å²) in [7, 11) is 0. The molecule has 2 rings (SSSR count). The first-order chi connectivity index (χ1) is 9.55. The summed E-state index contributed by atoms with van der Waals surface area (Å²) in [6.07, 6.45) is 2.89. The van der Waals surface area contributed by atoms with Crippen LogP contribution in [0.1, 0.15) is 38.6 Å². The van der Waals surface area contributed by atoms with Crippen molar-refractivity contribution in [3.8, 4) is 0 Å². The van der Waals surface area contributed by atoms with E-state index in [1.54, 1.807) is 0 Å². The summed E-state index contributed by atoms with van der Waals surface area (Å²) in [5, 5.41) is 3.33. The van der Waals surface area contributed by atoms with Crippen molar-refractivity contribution >= 4 is 21.7 Å². The Morgan fingerprint density at radius 3 is 2.55 bits per heavy atom. The molecule has 1 N–H and O–H groups in total. The van der Waals surface area contributed by atoms with Crippen molar-refractivity contribution in [2.24, 2.45) is 0 Å². The Morgan fingerprint density at radius 1 is 1.20 bits per heavy atom. The van der Waals surface area contributed by atoms with Crippen molar-refractivity contribution < 1.29 is 0 Å². The van der Waals surface area contributed by atoms with Crippen molar-refractivity contribution in [2.75, 3.05) is 11.9 Å². The average Bonchev–Trinajstić information content (AvgIpc) is 2.47. The number of aromatic nitrogens is 2. The van der Waals surface area contributed by atoms with Crippen molar-refractivity contribution in [1.82, 2.24) is 9.97 Å². The topological polar surface area (TPSA) is 37.8 Å². The van der Waals surface area contributed by atoms with Gasteiger partial charge in [-0.1, -0.05) is 37.3 Å². The molecule has 1 aromatic heterocycles. The summed E-state index contributed by atoms with van der Waals surface area (Å²) in [4.78, 5) is 9.19. The molecule has 0 aliphatic heterocycles. The Balaban J connectivity index is 2.37. The van der Waals surface area contributed by atoms with E-state index in [2.05, 4.69) is 64.1 Å². The van der Waals surface area contributed by atoms with Gasteiger partial charge in [0.2, 0.25) is 0 Å². The summed E-state index contributed by atoms with van der Waals surface area (Å²) in [6.45, 7) is 7.34. The van der Waals surface area contributed by atoms with Gasteiger partial charge in [0.15, 0.2) is 0 Å². The molecule has 0 spiro atoms. The normalized spacial score (nSPS) is 11.4. The second-order valence-corrected chi connectivity index (χ2v) is 6.16. The summed E-state index contributed by atoms with van der Waals surface area (Å²) < 4.78 is 0.901. The minimum Gasteiger partial charge on any atom is -0.369 e. The minimum absolute atomic E-state index is 0.218. The molecular weight excluding hydrogens is 314 g/mol. The lowest BCUT2D eigenvalue weighted by atomic mass is 9.84. The Labute approximate surface area is 129 Å². The van der Waals surface area contributed by atoms with Gasteiger partial charge in [-0.2, -0.15) is 0 Å². The Kier molecular flexibility index (Phi) is 4.76. The van der Waals surface area contributed by atoms with Crippen LogP contribution >= 0.6 is 15.9 Å². The van der Waals surface area contributed by atoms with Crippen LogP contribution in [0, 0.1) is 0 Å². The second-order valence-electron chi connectivity index (χ2n) is 5.31. The van der Waals surface area contributed by atoms with Crippen molar-refractivity contribution in [3.63, 3.8) is 0 Å². The molecule has 20 heavy (non-hydrogen) atoms. The highest BCUT2D eigenvalue weighted by Crippen LogP contribution is 2.30. The molecule has 0 radical (unpaired) electrons. The van der Waals surface area contributed by atoms with E-state index in [1.807, 2.05) is 24.4 Å². The maximum Gasteiger partial charge on any atom is 0.144 e. The quantitative estimate of drug-likeness (QED) is 0.881. The Bertz CT molecular complexity index is 567. The number of nitrogens with one attached hydrogen (secondary N) is 1. The van der Waals surface area contributed by atoms with E-state index < -0.39 is 0 Å². The van der Waals surface area contributed by atoms with Gasteiger partial charge in [-0.3, -0.25) is 0 Å². The Hall–Kier alpha value is -1.42. The van der Waals surface area contributed by atoms with Gasteiger partial charge in [0.1, 0.15) is 11.6 Å². The molecule has 0 fully saturated rings. The minimum atomic E-state index is -0.218. The van der Waals surface area contributed by atoms with E-state index >= 15 is 0 Å². The molecule has 0 saturated heterocycles. The van der Waals surface area contributed by atoms with Crippen molar-refractivity contribution in [3.05, 3.63) is 52.4 Å². The number of nitrogens with zero attached hydrogens (tertiary/aromatic N) is 2. The van der Waals surface area contributed by atoms with Crippen molar-refractivity contribution in [2.45, 2.75) is 32.6 Å². The molecule has 1 heterocycles. The third-order valence-electron chi connectivity index (χ3n) is 3.34. The largest absolute Gasteiger partial charge is 0.369 e. The molecule has 4 heteroatoms. The summed E-state index contributed by atoms with van der Waals surface area (Å²) >= 11 is 3.50. The number of benzene rings is 1. The van der Waals surface area contributed by atoms with Crippen LogP contribution in [0.25, 0.3) is 0 Å². The zero-order valence-electron chi connectivity index (χ0n) is 12.2.